The molecule has 3 heteroatoms. The van der Waals surface area contributed by atoms with Gasteiger partial charge in [-0.1, -0.05) is 19.8 Å². The molecule has 1 aromatic rings. The van der Waals surface area contributed by atoms with Crippen LogP contribution in [0.4, 0.5) is 4.39 Å². The molecule has 2 rings (SSSR count). The Labute approximate surface area is 102 Å². The van der Waals surface area contributed by atoms with Gasteiger partial charge in [-0.3, -0.25) is 0 Å². The van der Waals surface area contributed by atoms with E-state index < -0.39 is 0 Å². The number of benzene rings is 1. The van der Waals surface area contributed by atoms with E-state index >= 15 is 0 Å². The van der Waals surface area contributed by atoms with Gasteiger partial charge in [0.15, 0.2) is 0 Å². The molecule has 2 N–H and O–H groups in total. The van der Waals surface area contributed by atoms with Crippen molar-refractivity contribution in [1.29, 1.82) is 0 Å². The van der Waals surface area contributed by atoms with E-state index in [0.29, 0.717) is 17.6 Å². The highest BCUT2D eigenvalue weighted by Gasteiger charge is 2.31. The zero-order valence-electron chi connectivity index (χ0n) is 10.4. The van der Waals surface area contributed by atoms with Crippen molar-refractivity contribution in [1.82, 2.24) is 0 Å². The van der Waals surface area contributed by atoms with Crippen LogP contribution in [0.1, 0.15) is 37.8 Å². The first-order valence-corrected chi connectivity index (χ1v) is 6.22. The second-order valence-electron chi connectivity index (χ2n) is 4.98. The standard InChI is InChI=1S/C14H20FNO/c1-9-4-3-5-11(9)14(16)12-8-10(15)6-7-13(12)17-2/h6-9,11,14H,3-5,16H2,1-2H3. The van der Waals surface area contributed by atoms with Crippen LogP contribution < -0.4 is 10.5 Å². The van der Waals surface area contributed by atoms with Gasteiger partial charge in [0.1, 0.15) is 11.6 Å². The third kappa shape index (κ3) is 2.44. The zero-order valence-corrected chi connectivity index (χ0v) is 10.4. The average molecular weight is 237 g/mol. The molecule has 1 aromatic carbocycles. The normalized spacial score (nSPS) is 25.9. The third-order valence-electron chi connectivity index (χ3n) is 3.94. The van der Waals surface area contributed by atoms with E-state index in [1.165, 1.54) is 25.0 Å². The molecule has 94 valence electrons. The van der Waals surface area contributed by atoms with Crippen LogP contribution >= 0.6 is 0 Å². The van der Waals surface area contributed by atoms with Gasteiger partial charge in [0, 0.05) is 11.6 Å². The number of hydrogen-bond donors (Lipinski definition) is 1. The van der Waals surface area contributed by atoms with E-state index in [-0.39, 0.29) is 11.9 Å². The summed E-state index contributed by atoms with van der Waals surface area (Å²) in [6, 6.07) is 4.45. The van der Waals surface area contributed by atoms with Crippen molar-refractivity contribution >= 4 is 0 Å². The number of methoxy groups -OCH3 is 1. The summed E-state index contributed by atoms with van der Waals surface area (Å²) in [7, 11) is 1.60. The summed E-state index contributed by atoms with van der Waals surface area (Å²) in [4.78, 5) is 0. The Kier molecular flexibility index (Phi) is 3.67. The average Bonchev–Trinajstić information content (AvgIpc) is 2.74. The Morgan fingerprint density at radius 2 is 2.18 bits per heavy atom. The van der Waals surface area contributed by atoms with Crippen molar-refractivity contribution in [3.63, 3.8) is 0 Å². The van der Waals surface area contributed by atoms with Gasteiger partial charge in [-0.2, -0.15) is 0 Å². The van der Waals surface area contributed by atoms with Crippen LogP contribution in [-0.2, 0) is 0 Å². The third-order valence-corrected chi connectivity index (χ3v) is 3.94. The molecule has 2 nitrogen and oxygen atoms in total. The summed E-state index contributed by atoms with van der Waals surface area (Å²) >= 11 is 0. The van der Waals surface area contributed by atoms with Gasteiger partial charge in [-0.25, -0.2) is 4.39 Å². The van der Waals surface area contributed by atoms with Crippen LogP contribution in [0, 0.1) is 17.7 Å². The lowest BCUT2D eigenvalue weighted by Crippen LogP contribution is -2.24. The monoisotopic (exact) mass is 237 g/mol. The SMILES string of the molecule is COc1ccc(F)cc1C(N)C1CCCC1C. The Balaban J connectivity index is 2.28. The zero-order chi connectivity index (χ0) is 12.4. The molecule has 1 aliphatic rings. The van der Waals surface area contributed by atoms with Crippen molar-refractivity contribution in [3.8, 4) is 5.75 Å². The molecule has 0 radical (unpaired) electrons. The second-order valence-corrected chi connectivity index (χ2v) is 4.98. The van der Waals surface area contributed by atoms with Gasteiger partial charge in [-0.15, -0.1) is 0 Å². The first kappa shape index (κ1) is 12.4. The quantitative estimate of drug-likeness (QED) is 0.875. The molecular formula is C14H20FNO. The van der Waals surface area contributed by atoms with E-state index in [1.807, 2.05) is 0 Å². The number of hydrogen-bond acceptors (Lipinski definition) is 2. The van der Waals surface area contributed by atoms with E-state index in [4.69, 9.17) is 10.5 Å². The second kappa shape index (κ2) is 5.05. The highest BCUT2D eigenvalue weighted by atomic mass is 19.1. The molecule has 3 atom stereocenters. The van der Waals surface area contributed by atoms with E-state index in [9.17, 15) is 4.39 Å². The summed E-state index contributed by atoms with van der Waals surface area (Å²) in [5.41, 5.74) is 7.09. The Morgan fingerprint density at radius 3 is 2.76 bits per heavy atom. The smallest absolute Gasteiger partial charge is 0.123 e. The van der Waals surface area contributed by atoms with Crippen LogP contribution in [0.2, 0.25) is 0 Å². The van der Waals surface area contributed by atoms with Crippen molar-refractivity contribution in [2.75, 3.05) is 7.11 Å². The lowest BCUT2D eigenvalue weighted by Gasteiger charge is -2.25. The topological polar surface area (TPSA) is 35.2 Å². The Bertz CT molecular complexity index is 394. The molecule has 0 amide bonds. The number of halogens is 1. The summed E-state index contributed by atoms with van der Waals surface area (Å²) in [5.74, 6) is 1.49. The lowest BCUT2D eigenvalue weighted by atomic mass is 9.86. The molecule has 0 saturated heterocycles. The van der Waals surface area contributed by atoms with Gasteiger partial charge < -0.3 is 10.5 Å². The molecule has 0 bridgehead atoms. The van der Waals surface area contributed by atoms with Gasteiger partial charge in [0.05, 0.1) is 7.11 Å². The fourth-order valence-electron chi connectivity index (χ4n) is 2.90. The fraction of sp³-hybridized carbons (Fsp3) is 0.571. The molecule has 17 heavy (non-hydrogen) atoms. The minimum absolute atomic E-state index is 0.127. The molecule has 3 unspecified atom stereocenters. The first-order chi connectivity index (χ1) is 8.13. The molecule has 1 saturated carbocycles. The number of ether oxygens (including phenoxy) is 1. The van der Waals surface area contributed by atoms with Gasteiger partial charge in [-0.05, 0) is 36.5 Å². The molecule has 0 heterocycles. The van der Waals surface area contributed by atoms with E-state index in [1.54, 1.807) is 13.2 Å². The largest absolute Gasteiger partial charge is 0.496 e. The minimum atomic E-state index is -0.248. The van der Waals surface area contributed by atoms with Crippen LogP contribution in [0.5, 0.6) is 5.75 Å². The maximum absolute atomic E-state index is 13.3. The predicted molar refractivity (Wildman–Crippen MR) is 66.4 cm³/mol. The van der Waals surface area contributed by atoms with Gasteiger partial charge in [0.25, 0.3) is 0 Å². The lowest BCUT2D eigenvalue weighted by molar-refractivity contribution is 0.335. The molecule has 1 fully saturated rings. The first-order valence-electron chi connectivity index (χ1n) is 6.22. The molecule has 1 aliphatic carbocycles. The molecule has 0 aliphatic heterocycles. The van der Waals surface area contributed by atoms with Crippen molar-refractivity contribution in [2.24, 2.45) is 17.6 Å². The molecular weight excluding hydrogens is 217 g/mol. The predicted octanol–water partition coefficient (Wildman–Crippen LogP) is 3.27. The van der Waals surface area contributed by atoms with Gasteiger partial charge in [0.2, 0.25) is 0 Å². The minimum Gasteiger partial charge on any atom is -0.496 e. The summed E-state index contributed by atoms with van der Waals surface area (Å²) in [5, 5.41) is 0. The maximum Gasteiger partial charge on any atom is 0.123 e. The molecule has 0 spiro atoms. The van der Waals surface area contributed by atoms with Crippen molar-refractivity contribution in [2.45, 2.75) is 32.2 Å². The summed E-state index contributed by atoms with van der Waals surface area (Å²) in [6.45, 7) is 2.23. The Hall–Kier alpha value is -1.09. The maximum atomic E-state index is 13.3. The van der Waals surface area contributed by atoms with Crippen LogP contribution in [-0.4, -0.2) is 7.11 Å². The van der Waals surface area contributed by atoms with Crippen molar-refractivity contribution < 1.29 is 9.13 Å². The molecule has 0 aromatic heterocycles. The Morgan fingerprint density at radius 1 is 1.41 bits per heavy atom. The van der Waals surface area contributed by atoms with E-state index in [2.05, 4.69) is 6.92 Å². The number of rotatable bonds is 3. The summed E-state index contributed by atoms with van der Waals surface area (Å²) in [6.07, 6.45) is 3.56. The fourth-order valence-corrected chi connectivity index (χ4v) is 2.90. The van der Waals surface area contributed by atoms with Crippen molar-refractivity contribution in [3.05, 3.63) is 29.6 Å². The van der Waals surface area contributed by atoms with Crippen LogP contribution in [0.3, 0.4) is 0 Å². The number of nitrogens with two attached hydrogens (primary N) is 1. The highest BCUT2D eigenvalue weighted by molar-refractivity contribution is 5.36. The summed E-state index contributed by atoms with van der Waals surface area (Å²) < 4.78 is 18.6. The highest BCUT2D eigenvalue weighted by Crippen LogP contribution is 2.41. The van der Waals surface area contributed by atoms with E-state index in [0.717, 1.165) is 12.0 Å². The van der Waals surface area contributed by atoms with Crippen LogP contribution in [0.15, 0.2) is 18.2 Å². The van der Waals surface area contributed by atoms with Gasteiger partial charge >= 0.3 is 0 Å². The van der Waals surface area contributed by atoms with Crippen LogP contribution in [0.25, 0.3) is 0 Å².